The van der Waals surface area contributed by atoms with Gasteiger partial charge in [-0.2, -0.15) is 5.10 Å². The molecule has 0 aliphatic carbocycles. The van der Waals surface area contributed by atoms with Gasteiger partial charge in [0.05, 0.1) is 23.6 Å². The van der Waals surface area contributed by atoms with Crippen molar-refractivity contribution < 1.29 is 9.84 Å². The number of benzene rings is 2. The minimum absolute atomic E-state index is 0.0980. The lowest BCUT2D eigenvalue weighted by atomic mass is 10.1. The highest BCUT2D eigenvalue weighted by Crippen LogP contribution is 2.32. The summed E-state index contributed by atoms with van der Waals surface area (Å²) in [6, 6.07) is 14.0. The molecule has 10 nitrogen and oxygen atoms in total. The van der Waals surface area contributed by atoms with Crippen molar-refractivity contribution in [3.8, 4) is 28.4 Å². The molecule has 0 bridgehead atoms. The Morgan fingerprint density at radius 1 is 1.11 bits per heavy atom. The number of nitrogens with two attached hydrogens (primary N) is 1. The number of thiophene rings is 1. The van der Waals surface area contributed by atoms with E-state index in [9.17, 15) is 9.90 Å². The zero-order valence-corrected chi connectivity index (χ0v) is 20.7. The summed E-state index contributed by atoms with van der Waals surface area (Å²) in [6.07, 6.45) is 1.37. The fourth-order valence-electron chi connectivity index (χ4n) is 4.47. The predicted octanol–water partition coefficient (Wildman–Crippen LogP) is 3.91. The standard InChI is InChI=1S/C26H21N7O3S/c1-14-12-37-25-20(14)26(35)33(17-8-3-4-9-18(17)36-2)19(30-25)11-32-24-21(23(27)28-13-29-24)22(31-32)15-6-5-7-16(34)10-15/h3-10,12-13,34H,11H2,1-2H3,(H2,27,28,29). The van der Waals surface area contributed by atoms with Crippen LogP contribution in [0.25, 0.3) is 38.2 Å². The maximum atomic E-state index is 13.8. The highest BCUT2D eigenvalue weighted by Gasteiger charge is 2.22. The van der Waals surface area contributed by atoms with Crippen molar-refractivity contribution in [2.45, 2.75) is 13.5 Å². The first-order valence-electron chi connectivity index (χ1n) is 11.4. The lowest BCUT2D eigenvalue weighted by Gasteiger charge is -2.15. The number of rotatable bonds is 5. The summed E-state index contributed by atoms with van der Waals surface area (Å²) in [4.78, 5) is 28.0. The van der Waals surface area contributed by atoms with Gasteiger partial charge in [0.25, 0.3) is 5.56 Å². The predicted molar refractivity (Wildman–Crippen MR) is 142 cm³/mol. The van der Waals surface area contributed by atoms with Gasteiger partial charge in [-0.05, 0) is 42.1 Å². The molecule has 0 aliphatic rings. The molecule has 37 heavy (non-hydrogen) atoms. The molecule has 0 radical (unpaired) electrons. The van der Waals surface area contributed by atoms with E-state index in [4.69, 9.17) is 20.6 Å². The number of ether oxygens (including phenoxy) is 1. The van der Waals surface area contributed by atoms with Crippen molar-refractivity contribution in [1.29, 1.82) is 0 Å². The second-order valence-electron chi connectivity index (χ2n) is 8.45. The van der Waals surface area contributed by atoms with Crippen LogP contribution >= 0.6 is 11.3 Å². The number of aromatic nitrogens is 6. The maximum absolute atomic E-state index is 13.8. The van der Waals surface area contributed by atoms with Gasteiger partial charge in [-0.1, -0.05) is 24.3 Å². The average molecular weight is 512 g/mol. The van der Waals surface area contributed by atoms with E-state index in [1.807, 2.05) is 36.6 Å². The number of aryl methyl sites for hydroxylation is 1. The van der Waals surface area contributed by atoms with Crippen LogP contribution in [0.4, 0.5) is 5.82 Å². The molecule has 0 amide bonds. The van der Waals surface area contributed by atoms with Crippen LogP contribution < -0.4 is 16.0 Å². The molecule has 3 N–H and O–H groups in total. The number of anilines is 1. The lowest BCUT2D eigenvalue weighted by molar-refractivity contribution is 0.412. The molecule has 0 fully saturated rings. The molecule has 0 spiro atoms. The van der Waals surface area contributed by atoms with Gasteiger partial charge in [0.2, 0.25) is 0 Å². The van der Waals surface area contributed by atoms with Crippen LogP contribution in [0, 0.1) is 6.92 Å². The molecule has 0 unspecified atom stereocenters. The van der Waals surface area contributed by atoms with Crippen molar-refractivity contribution in [2.24, 2.45) is 0 Å². The van der Waals surface area contributed by atoms with Crippen LogP contribution in [0.5, 0.6) is 11.5 Å². The number of nitrogen functional groups attached to an aromatic ring is 1. The quantitative estimate of drug-likeness (QED) is 0.356. The first-order valence-corrected chi connectivity index (χ1v) is 12.2. The van der Waals surface area contributed by atoms with Crippen molar-refractivity contribution in [2.75, 3.05) is 12.8 Å². The zero-order chi connectivity index (χ0) is 25.7. The molecular formula is C26H21N7O3S. The Bertz CT molecular complexity index is 1870. The third-order valence-corrected chi connectivity index (χ3v) is 7.15. The Kier molecular flexibility index (Phi) is 5.34. The Labute approximate surface area is 214 Å². The molecule has 4 aromatic heterocycles. The maximum Gasteiger partial charge on any atom is 0.267 e. The summed E-state index contributed by atoms with van der Waals surface area (Å²) in [7, 11) is 1.56. The number of hydrogen-bond acceptors (Lipinski definition) is 9. The van der Waals surface area contributed by atoms with Gasteiger partial charge in [0.15, 0.2) is 5.65 Å². The smallest absolute Gasteiger partial charge is 0.267 e. The van der Waals surface area contributed by atoms with E-state index in [0.717, 1.165) is 5.56 Å². The van der Waals surface area contributed by atoms with E-state index >= 15 is 0 Å². The SMILES string of the molecule is COc1ccccc1-n1c(Cn2nc(-c3cccc(O)c3)c3c(N)ncnc32)nc2scc(C)c2c1=O. The van der Waals surface area contributed by atoms with Crippen LogP contribution in [0.15, 0.2) is 65.0 Å². The van der Waals surface area contributed by atoms with Gasteiger partial charge in [-0.25, -0.2) is 19.6 Å². The molecule has 4 heterocycles. The van der Waals surface area contributed by atoms with Gasteiger partial charge in [0, 0.05) is 5.56 Å². The number of para-hydroxylation sites is 2. The van der Waals surface area contributed by atoms with Crippen molar-refractivity contribution in [3.63, 3.8) is 0 Å². The number of phenols is 1. The molecule has 0 saturated carbocycles. The van der Waals surface area contributed by atoms with Crippen molar-refractivity contribution in [1.82, 2.24) is 29.3 Å². The number of hydrogen-bond donors (Lipinski definition) is 2. The minimum Gasteiger partial charge on any atom is -0.508 e. The number of methoxy groups -OCH3 is 1. The van der Waals surface area contributed by atoms with Gasteiger partial charge in [-0.3, -0.25) is 9.36 Å². The molecule has 6 aromatic rings. The Balaban J connectivity index is 1.62. The van der Waals surface area contributed by atoms with E-state index in [0.29, 0.717) is 49.8 Å². The molecule has 184 valence electrons. The van der Waals surface area contributed by atoms with E-state index in [2.05, 4.69) is 9.97 Å². The monoisotopic (exact) mass is 511 g/mol. The summed E-state index contributed by atoms with van der Waals surface area (Å²) < 4.78 is 8.78. The largest absolute Gasteiger partial charge is 0.508 e. The first kappa shape index (κ1) is 22.7. The van der Waals surface area contributed by atoms with Crippen LogP contribution in [-0.2, 0) is 6.54 Å². The van der Waals surface area contributed by atoms with Crippen molar-refractivity contribution in [3.05, 3.63) is 82.0 Å². The van der Waals surface area contributed by atoms with E-state index < -0.39 is 0 Å². The third-order valence-electron chi connectivity index (χ3n) is 6.16. The normalized spacial score (nSPS) is 11.4. The summed E-state index contributed by atoms with van der Waals surface area (Å²) >= 11 is 1.42. The van der Waals surface area contributed by atoms with Gasteiger partial charge in [0.1, 0.15) is 46.5 Å². The molecule has 0 saturated heterocycles. The van der Waals surface area contributed by atoms with Crippen molar-refractivity contribution >= 4 is 38.4 Å². The first-order chi connectivity index (χ1) is 18.0. The van der Waals surface area contributed by atoms with Crippen LogP contribution in [0.1, 0.15) is 11.4 Å². The summed E-state index contributed by atoms with van der Waals surface area (Å²) in [5.74, 6) is 1.35. The van der Waals surface area contributed by atoms with Gasteiger partial charge < -0.3 is 15.6 Å². The second-order valence-corrected chi connectivity index (χ2v) is 9.31. The Morgan fingerprint density at radius 3 is 2.76 bits per heavy atom. The molecular weight excluding hydrogens is 490 g/mol. The highest BCUT2D eigenvalue weighted by atomic mass is 32.1. The average Bonchev–Trinajstić information content (AvgIpc) is 3.46. The van der Waals surface area contributed by atoms with E-state index in [1.54, 1.807) is 40.6 Å². The minimum atomic E-state index is -0.193. The zero-order valence-electron chi connectivity index (χ0n) is 19.9. The van der Waals surface area contributed by atoms with Crippen LogP contribution in [0.3, 0.4) is 0 Å². The number of fused-ring (bicyclic) bond motifs is 2. The van der Waals surface area contributed by atoms with E-state index in [-0.39, 0.29) is 23.7 Å². The highest BCUT2D eigenvalue weighted by molar-refractivity contribution is 7.16. The van der Waals surface area contributed by atoms with Gasteiger partial charge in [-0.15, -0.1) is 11.3 Å². The van der Waals surface area contributed by atoms with Crippen LogP contribution in [0.2, 0.25) is 0 Å². The summed E-state index contributed by atoms with van der Waals surface area (Å²) in [6.45, 7) is 2.02. The topological polar surface area (TPSA) is 134 Å². The molecule has 0 atom stereocenters. The number of nitrogens with zero attached hydrogens (tertiary/aromatic N) is 6. The van der Waals surface area contributed by atoms with Gasteiger partial charge >= 0.3 is 0 Å². The van der Waals surface area contributed by atoms with E-state index in [1.165, 1.54) is 17.7 Å². The molecule has 2 aromatic carbocycles. The molecule has 0 aliphatic heterocycles. The summed E-state index contributed by atoms with van der Waals surface area (Å²) in [5, 5.41) is 17.9. The lowest BCUT2D eigenvalue weighted by Crippen LogP contribution is -2.26. The Morgan fingerprint density at radius 2 is 1.95 bits per heavy atom. The number of aromatic hydroxyl groups is 1. The second kappa shape index (κ2) is 8.71. The summed E-state index contributed by atoms with van der Waals surface area (Å²) in [5.41, 5.74) is 9.15. The third kappa shape index (κ3) is 3.67. The fourth-order valence-corrected chi connectivity index (χ4v) is 5.40. The Hall–Kier alpha value is -4.77. The molecule has 6 rings (SSSR count). The van der Waals surface area contributed by atoms with Crippen LogP contribution in [-0.4, -0.2) is 41.5 Å². The fraction of sp³-hybridized carbons (Fsp3) is 0.115. The molecule has 11 heteroatoms. The number of phenolic OH excluding ortho intramolecular Hbond substituents is 1.